The third kappa shape index (κ3) is 6.08. The highest BCUT2D eigenvalue weighted by Gasteiger charge is 2.08. The molecule has 6 nitrogen and oxygen atoms in total. The van der Waals surface area contributed by atoms with Gasteiger partial charge in [0.15, 0.2) is 0 Å². The van der Waals surface area contributed by atoms with Gasteiger partial charge < -0.3 is 20.1 Å². The van der Waals surface area contributed by atoms with Crippen LogP contribution in [-0.2, 0) is 11.2 Å². The molecule has 0 fully saturated rings. The molecular formula is C19H25N3O3. The van der Waals surface area contributed by atoms with Crippen molar-refractivity contribution in [1.29, 1.82) is 0 Å². The molecule has 1 heterocycles. The number of nitrogens with one attached hydrogen (secondary N) is 2. The Morgan fingerprint density at radius 2 is 2.00 bits per heavy atom. The van der Waals surface area contributed by atoms with Gasteiger partial charge in [0.25, 0.3) is 5.91 Å². The van der Waals surface area contributed by atoms with E-state index in [1.807, 2.05) is 30.3 Å². The Balaban J connectivity index is 1.84. The van der Waals surface area contributed by atoms with Crippen molar-refractivity contribution in [2.75, 3.05) is 39.2 Å². The second kappa shape index (κ2) is 10.3. The lowest BCUT2D eigenvalue weighted by Gasteiger charge is -2.10. The molecule has 0 saturated carbocycles. The van der Waals surface area contributed by atoms with Crippen molar-refractivity contribution in [1.82, 2.24) is 10.3 Å². The lowest BCUT2D eigenvalue weighted by atomic mass is 10.1. The van der Waals surface area contributed by atoms with Gasteiger partial charge in [-0.3, -0.25) is 9.78 Å². The largest absolute Gasteiger partial charge is 0.496 e. The molecule has 2 aromatic rings. The number of nitrogens with zero attached hydrogens (tertiary/aromatic N) is 1. The second-order valence-corrected chi connectivity index (χ2v) is 5.52. The number of ether oxygens (including phenoxy) is 2. The van der Waals surface area contributed by atoms with Crippen LogP contribution in [0.5, 0.6) is 5.75 Å². The van der Waals surface area contributed by atoms with Crippen molar-refractivity contribution in [3.8, 4) is 5.75 Å². The van der Waals surface area contributed by atoms with E-state index < -0.39 is 0 Å². The van der Waals surface area contributed by atoms with E-state index in [9.17, 15) is 4.79 Å². The minimum atomic E-state index is -0.185. The molecule has 6 heteroatoms. The maximum absolute atomic E-state index is 12.3. The van der Waals surface area contributed by atoms with Crippen LogP contribution in [0.3, 0.4) is 0 Å². The highest BCUT2D eigenvalue weighted by molar-refractivity contribution is 5.93. The number of carbonyl (C=O) groups is 1. The quantitative estimate of drug-likeness (QED) is 0.649. The standard InChI is InChI=1S/C19H25N3O3/c1-24-13-5-10-20-16-9-12-21-17(14-16)19(23)22-11-8-15-6-3-4-7-18(15)25-2/h3-4,6-7,9,12,14H,5,8,10-11,13H2,1-2H3,(H,20,21)(H,22,23). The van der Waals surface area contributed by atoms with Crippen LogP contribution in [0.2, 0.25) is 0 Å². The number of aromatic nitrogens is 1. The highest BCUT2D eigenvalue weighted by Crippen LogP contribution is 2.17. The van der Waals surface area contributed by atoms with Crippen LogP contribution in [0, 0.1) is 0 Å². The Labute approximate surface area is 148 Å². The van der Waals surface area contributed by atoms with Crippen LogP contribution in [0.25, 0.3) is 0 Å². The summed E-state index contributed by atoms with van der Waals surface area (Å²) in [6.45, 7) is 2.01. The van der Waals surface area contributed by atoms with Crippen LogP contribution in [0.1, 0.15) is 22.5 Å². The van der Waals surface area contributed by atoms with Gasteiger partial charge in [0.2, 0.25) is 0 Å². The molecule has 25 heavy (non-hydrogen) atoms. The molecule has 0 bridgehead atoms. The van der Waals surface area contributed by atoms with Gasteiger partial charge >= 0.3 is 0 Å². The van der Waals surface area contributed by atoms with Gasteiger partial charge in [-0.25, -0.2) is 0 Å². The van der Waals surface area contributed by atoms with Crippen molar-refractivity contribution < 1.29 is 14.3 Å². The number of anilines is 1. The summed E-state index contributed by atoms with van der Waals surface area (Å²) < 4.78 is 10.3. The Kier molecular flexibility index (Phi) is 7.72. The molecule has 2 rings (SSSR count). The maximum atomic E-state index is 12.3. The molecule has 1 aromatic heterocycles. The van der Waals surface area contributed by atoms with Crippen molar-refractivity contribution >= 4 is 11.6 Å². The summed E-state index contributed by atoms with van der Waals surface area (Å²) in [4.78, 5) is 16.4. The zero-order chi connectivity index (χ0) is 17.9. The van der Waals surface area contributed by atoms with Crippen LogP contribution < -0.4 is 15.4 Å². The zero-order valence-electron chi connectivity index (χ0n) is 14.7. The molecule has 0 aliphatic carbocycles. The number of methoxy groups -OCH3 is 2. The van der Waals surface area contributed by atoms with Gasteiger partial charge in [-0.2, -0.15) is 0 Å². The number of amides is 1. The number of rotatable bonds is 10. The zero-order valence-corrected chi connectivity index (χ0v) is 14.7. The smallest absolute Gasteiger partial charge is 0.269 e. The Morgan fingerprint density at radius 3 is 2.80 bits per heavy atom. The van der Waals surface area contributed by atoms with E-state index in [2.05, 4.69) is 15.6 Å². The molecule has 0 atom stereocenters. The Bertz CT molecular complexity index is 676. The van der Waals surface area contributed by atoms with Crippen molar-refractivity contribution in [3.63, 3.8) is 0 Å². The van der Waals surface area contributed by atoms with Crippen LogP contribution in [-0.4, -0.2) is 44.8 Å². The van der Waals surface area contributed by atoms with E-state index in [0.717, 1.165) is 30.0 Å². The summed E-state index contributed by atoms with van der Waals surface area (Å²) in [6, 6.07) is 11.4. The van der Waals surface area contributed by atoms with Crippen LogP contribution in [0.4, 0.5) is 5.69 Å². The predicted molar refractivity (Wildman–Crippen MR) is 98.3 cm³/mol. The minimum absolute atomic E-state index is 0.185. The fraction of sp³-hybridized carbons (Fsp3) is 0.368. The molecule has 2 N–H and O–H groups in total. The Morgan fingerprint density at radius 1 is 1.16 bits per heavy atom. The van der Waals surface area contributed by atoms with E-state index in [-0.39, 0.29) is 5.91 Å². The number of carbonyl (C=O) groups excluding carboxylic acids is 1. The number of benzene rings is 1. The normalized spacial score (nSPS) is 10.3. The summed E-state index contributed by atoms with van der Waals surface area (Å²) in [5, 5.41) is 6.15. The minimum Gasteiger partial charge on any atom is -0.496 e. The average Bonchev–Trinajstić information content (AvgIpc) is 2.66. The Hall–Kier alpha value is -2.60. The fourth-order valence-electron chi connectivity index (χ4n) is 2.42. The molecule has 134 valence electrons. The summed E-state index contributed by atoms with van der Waals surface area (Å²) in [5.74, 6) is 0.646. The number of para-hydroxylation sites is 1. The molecule has 0 spiro atoms. The molecular weight excluding hydrogens is 318 g/mol. The lowest BCUT2D eigenvalue weighted by molar-refractivity contribution is 0.0949. The summed E-state index contributed by atoms with van der Waals surface area (Å²) >= 11 is 0. The number of hydrogen-bond donors (Lipinski definition) is 2. The summed E-state index contributed by atoms with van der Waals surface area (Å²) in [6.07, 6.45) is 3.23. The van der Waals surface area contributed by atoms with E-state index in [1.54, 1.807) is 26.5 Å². The van der Waals surface area contributed by atoms with E-state index in [1.165, 1.54) is 0 Å². The van der Waals surface area contributed by atoms with E-state index in [0.29, 0.717) is 25.3 Å². The van der Waals surface area contributed by atoms with Crippen molar-refractivity contribution in [2.24, 2.45) is 0 Å². The van der Waals surface area contributed by atoms with Crippen molar-refractivity contribution in [3.05, 3.63) is 53.9 Å². The van der Waals surface area contributed by atoms with E-state index >= 15 is 0 Å². The monoisotopic (exact) mass is 343 g/mol. The van der Waals surface area contributed by atoms with Gasteiger partial charge in [-0.05, 0) is 36.6 Å². The van der Waals surface area contributed by atoms with Crippen molar-refractivity contribution in [2.45, 2.75) is 12.8 Å². The first-order valence-electron chi connectivity index (χ1n) is 8.33. The van der Waals surface area contributed by atoms with Gasteiger partial charge in [0.1, 0.15) is 11.4 Å². The second-order valence-electron chi connectivity index (χ2n) is 5.52. The first-order chi connectivity index (χ1) is 12.2. The van der Waals surface area contributed by atoms with Gasteiger partial charge in [-0.15, -0.1) is 0 Å². The first kappa shape index (κ1) is 18.7. The lowest BCUT2D eigenvalue weighted by Crippen LogP contribution is -2.26. The predicted octanol–water partition coefficient (Wildman–Crippen LogP) is 2.51. The third-order valence-corrected chi connectivity index (χ3v) is 3.72. The molecule has 0 radical (unpaired) electrons. The van der Waals surface area contributed by atoms with Crippen LogP contribution >= 0.6 is 0 Å². The highest BCUT2D eigenvalue weighted by atomic mass is 16.5. The maximum Gasteiger partial charge on any atom is 0.269 e. The fourth-order valence-corrected chi connectivity index (χ4v) is 2.42. The number of pyridine rings is 1. The molecule has 0 aliphatic rings. The first-order valence-corrected chi connectivity index (χ1v) is 8.33. The molecule has 1 aromatic carbocycles. The van der Waals surface area contributed by atoms with Crippen LogP contribution in [0.15, 0.2) is 42.6 Å². The molecule has 0 saturated heterocycles. The van der Waals surface area contributed by atoms with Gasteiger partial charge in [0.05, 0.1) is 7.11 Å². The van der Waals surface area contributed by atoms with E-state index in [4.69, 9.17) is 9.47 Å². The summed E-state index contributed by atoms with van der Waals surface area (Å²) in [7, 11) is 3.33. The van der Waals surface area contributed by atoms with Gasteiger partial charge in [0, 0.05) is 38.7 Å². The third-order valence-electron chi connectivity index (χ3n) is 3.72. The molecule has 1 amide bonds. The topological polar surface area (TPSA) is 72.5 Å². The molecule has 0 unspecified atom stereocenters. The average molecular weight is 343 g/mol. The SMILES string of the molecule is COCCCNc1ccnc(C(=O)NCCc2ccccc2OC)c1. The van der Waals surface area contributed by atoms with Gasteiger partial charge in [-0.1, -0.05) is 18.2 Å². The number of hydrogen-bond acceptors (Lipinski definition) is 5. The summed E-state index contributed by atoms with van der Waals surface area (Å²) in [5.41, 5.74) is 2.34. The molecule has 0 aliphatic heterocycles.